The summed E-state index contributed by atoms with van der Waals surface area (Å²) in [5.74, 6) is -1.07. The molecule has 0 aliphatic rings. The Bertz CT molecular complexity index is 474. The molecule has 76 valence electrons. The van der Waals surface area contributed by atoms with Gasteiger partial charge in [-0.05, 0) is 23.3 Å². The second-order valence-corrected chi connectivity index (χ2v) is 4.40. The molecule has 8 heteroatoms. The van der Waals surface area contributed by atoms with Crippen LogP contribution in [0.4, 0.5) is 0 Å². The van der Waals surface area contributed by atoms with Crippen LogP contribution >= 0.6 is 23.3 Å². The van der Waals surface area contributed by atoms with Crippen molar-refractivity contribution < 1.29 is 9.90 Å². The first kappa shape index (κ1) is 9.99. The third-order valence-corrected chi connectivity index (χ3v) is 3.04. The van der Waals surface area contributed by atoms with Crippen LogP contribution in [0.2, 0.25) is 0 Å². The van der Waals surface area contributed by atoms with Crippen molar-refractivity contribution in [3.05, 3.63) is 24.4 Å². The first-order chi connectivity index (χ1) is 7.25. The zero-order chi connectivity index (χ0) is 10.7. The van der Waals surface area contributed by atoms with Gasteiger partial charge in [-0.2, -0.15) is 4.37 Å². The summed E-state index contributed by atoms with van der Waals surface area (Å²) in [5.41, 5.74) is -0.0305. The zero-order valence-electron chi connectivity index (χ0n) is 7.19. The third-order valence-electron chi connectivity index (χ3n) is 1.39. The van der Waals surface area contributed by atoms with E-state index in [4.69, 9.17) is 5.11 Å². The Labute approximate surface area is 92.6 Å². The molecule has 0 spiro atoms. The highest BCUT2D eigenvalue weighted by atomic mass is 32.2. The topological polar surface area (TPSA) is 88.9 Å². The summed E-state index contributed by atoms with van der Waals surface area (Å²) in [7, 11) is 0. The highest BCUT2D eigenvalue weighted by Crippen LogP contribution is 2.26. The van der Waals surface area contributed by atoms with Gasteiger partial charge in [-0.3, -0.25) is 0 Å². The molecule has 0 unspecified atom stereocenters. The number of carboxylic acids is 1. The van der Waals surface area contributed by atoms with Gasteiger partial charge in [-0.1, -0.05) is 0 Å². The number of carboxylic acid groups (broad SMARTS) is 1. The smallest absolute Gasteiger partial charge is 0.354 e. The van der Waals surface area contributed by atoms with Gasteiger partial charge in [0.15, 0.2) is 10.0 Å². The molecule has 0 aromatic carbocycles. The molecule has 0 saturated carbocycles. The maximum Gasteiger partial charge on any atom is 0.354 e. The number of nitrogens with zero attached hydrogens (tertiary/aromatic N) is 4. The van der Waals surface area contributed by atoms with Crippen LogP contribution in [0.25, 0.3) is 0 Å². The van der Waals surface area contributed by atoms with Crippen molar-refractivity contribution in [2.24, 2.45) is 0 Å². The standard InChI is InChI=1S/C7H4N4O2S2/c12-6(13)4-1-5(9-2-8-4)14-7-10-3-11-15-7/h1-3H,(H,12,13). The monoisotopic (exact) mass is 240 g/mol. The van der Waals surface area contributed by atoms with E-state index in [1.54, 1.807) is 0 Å². The Hall–Kier alpha value is -1.54. The fourth-order valence-electron chi connectivity index (χ4n) is 0.810. The molecule has 2 rings (SSSR count). The minimum absolute atomic E-state index is 0.0305. The van der Waals surface area contributed by atoms with Crippen LogP contribution < -0.4 is 0 Å². The van der Waals surface area contributed by atoms with Crippen molar-refractivity contribution in [1.29, 1.82) is 0 Å². The van der Waals surface area contributed by atoms with Crippen LogP contribution in [-0.2, 0) is 0 Å². The largest absolute Gasteiger partial charge is 0.477 e. The van der Waals surface area contributed by atoms with E-state index in [9.17, 15) is 4.79 Å². The second kappa shape index (κ2) is 4.32. The lowest BCUT2D eigenvalue weighted by Crippen LogP contribution is -2.00. The molecule has 0 bridgehead atoms. The number of carbonyl (C=O) groups is 1. The van der Waals surface area contributed by atoms with Gasteiger partial charge < -0.3 is 5.11 Å². The van der Waals surface area contributed by atoms with Gasteiger partial charge in [0.05, 0.1) is 0 Å². The van der Waals surface area contributed by atoms with E-state index in [1.165, 1.54) is 42.0 Å². The van der Waals surface area contributed by atoms with E-state index >= 15 is 0 Å². The van der Waals surface area contributed by atoms with E-state index in [2.05, 4.69) is 19.3 Å². The molecule has 0 fully saturated rings. The Kier molecular flexibility index (Phi) is 2.88. The van der Waals surface area contributed by atoms with E-state index in [0.29, 0.717) is 9.37 Å². The van der Waals surface area contributed by atoms with Crippen molar-refractivity contribution >= 4 is 29.3 Å². The molecule has 2 heterocycles. The number of rotatable bonds is 3. The van der Waals surface area contributed by atoms with E-state index in [0.717, 1.165) is 0 Å². The van der Waals surface area contributed by atoms with Gasteiger partial charge in [-0.25, -0.2) is 19.7 Å². The van der Waals surface area contributed by atoms with Crippen LogP contribution in [0.3, 0.4) is 0 Å². The summed E-state index contributed by atoms with van der Waals surface area (Å²) in [6.45, 7) is 0. The fourth-order valence-corrected chi connectivity index (χ4v) is 2.17. The van der Waals surface area contributed by atoms with Crippen molar-refractivity contribution in [2.75, 3.05) is 0 Å². The second-order valence-electron chi connectivity index (χ2n) is 2.36. The van der Waals surface area contributed by atoms with Crippen molar-refractivity contribution in [3.63, 3.8) is 0 Å². The molecule has 15 heavy (non-hydrogen) atoms. The fraction of sp³-hybridized carbons (Fsp3) is 0. The SMILES string of the molecule is O=C(O)c1cc(Sc2ncns2)ncn1. The first-order valence-electron chi connectivity index (χ1n) is 3.75. The van der Waals surface area contributed by atoms with Crippen LogP contribution in [-0.4, -0.2) is 30.4 Å². The normalized spacial score (nSPS) is 10.1. The molecule has 2 aromatic rings. The Morgan fingerprint density at radius 3 is 2.87 bits per heavy atom. The summed E-state index contributed by atoms with van der Waals surface area (Å²) in [4.78, 5) is 22.1. The quantitative estimate of drug-likeness (QED) is 0.805. The van der Waals surface area contributed by atoms with Gasteiger partial charge in [0.25, 0.3) is 0 Å². The van der Waals surface area contributed by atoms with Gasteiger partial charge in [0.1, 0.15) is 17.7 Å². The van der Waals surface area contributed by atoms with Gasteiger partial charge in [0.2, 0.25) is 0 Å². The maximum atomic E-state index is 10.6. The van der Waals surface area contributed by atoms with Gasteiger partial charge in [0, 0.05) is 6.07 Å². The maximum absolute atomic E-state index is 10.6. The molecule has 2 aromatic heterocycles. The highest BCUT2D eigenvalue weighted by Gasteiger charge is 2.08. The lowest BCUT2D eigenvalue weighted by Gasteiger charge is -1.96. The summed E-state index contributed by atoms with van der Waals surface area (Å²) in [6, 6.07) is 1.40. The average Bonchev–Trinajstić information content (AvgIpc) is 2.71. The molecule has 0 radical (unpaired) electrons. The highest BCUT2D eigenvalue weighted by molar-refractivity contribution is 8.00. The van der Waals surface area contributed by atoms with Gasteiger partial charge in [-0.15, -0.1) is 0 Å². The Morgan fingerprint density at radius 1 is 1.33 bits per heavy atom. The van der Waals surface area contributed by atoms with E-state index in [1.807, 2.05) is 0 Å². The molecular formula is C7H4N4O2S2. The molecule has 0 amide bonds. The Balaban J connectivity index is 2.22. The van der Waals surface area contributed by atoms with Crippen LogP contribution in [0.5, 0.6) is 0 Å². The molecule has 0 atom stereocenters. The van der Waals surface area contributed by atoms with Crippen molar-refractivity contribution in [1.82, 2.24) is 19.3 Å². The predicted molar refractivity (Wildman–Crippen MR) is 53.0 cm³/mol. The first-order valence-corrected chi connectivity index (χ1v) is 5.34. The molecule has 0 aliphatic carbocycles. The molecule has 0 saturated heterocycles. The summed E-state index contributed by atoms with van der Waals surface area (Å²) in [6.07, 6.45) is 2.65. The van der Waals surface area contributed by atoms with Crippen LogP contribution in [0, 0.1) is 0 Å². The summed E-state index contributed by atoms with van der Waals surface area (Å²) >= 11 is 2.48. The lowest BCUT2D eigenvalue weighted by atomic mass is 10.4. The number of aromatic nitrogens is 4. The third kappa shape index (κ3) is 2.48. The Morgan fingerprint density at radius 2 is 2.20 bits per heavy atom. The van der Waals surface area contributed by atoms with Crippen molar-refractivity contribution in [3.8, 4) is 0 Å². The lowest BCUT2D eigenvalue weighted by molar-refractivity contribution is 0.0690. The van der Waals surface area contributed by atoms with Crippen LogP contribution in [0.1, 0.15) is 10.5 Å². The molecule has 1 N–H and O–H groups in total. The minimum Gasteiger partial charge on any atom is -0.477 e. The van der Waals surface area contributed by atoms with Crippen LogP contribution in [0.15, 0.2) is 28.1 Å². The molecular weight excluding hydrogens is 236 g/mol. The molecule has 0 aliphatic heterocycles. The predicted octanol–water partition coefficient (Wildman–Crippen LogP) is 1.18. The summed E-state index contributed by atoms with van der Waals surface area (Å²) < 4.78 is 4.54. The van der Waals surface area contributed by atoms with Gasteiger partial charge >= 0.3 is 5.97 Å². The van der Waals surface area contributed by atoms with E-state index in [-0.39, 0.29) is 5.69 Å². The summed E-state index contributed by atoms with van der Waals surface area (Å²) in [5, 5.41) is 9.25. The average molecular weight is 240 g/mol. The van der Waals surface area contributed by atoms with E-state index < -0.39 is 5.97 Å². The van der Waals surface area contributed by atoms with Crippen molar-refractivity contribution in [2.45, 2.75) is 9.37 Å². The zero-order valence-corrected chi connectivity index (χ0v) is 8.83. The minimum atomic E-state index is -1.07. The number of hydrogen-bond donors (Lipinski definition) is 1. The molecule has 6 nitrogen and oxygen atoms in total. The number of aromatic carboxylic acids is 1. The number of hydrogen-bond acceptors (Lipinski definition) is 7.